The van der Waals surface area contributed by atoms with Crippen molar-refractivity contribution >= 4 is 29.2 Å². The number of aliphatic carboxylic acids is 1. The van der Waals surface area contributed by atoms with Crippen LogP contribution in [0.25, 0.3) is 0 Å². The van der Waals surface area contributed by atoms with Crippen molar-refractivity contribution < 1.29 is 19.5 Å². The van der Waals surface area contributed by atoms with Crippen LogP contribution in [0.5, 0.6) is 0 Å². The third-order valence-electron chi connectivity index (χ3n) is 5.37. The van der Waals surface area contributed by atoms with E-state index >= 15 is 0 Å². The van der Waals surface area contributed by atoms with Crippen molar-refractivity contribution in [2.75, 3.05) is 23.7 Å². The van der Waals surface area contributed by atoms with E-state index in [0.29, 0.717) is 23.8 Å². The average Bonchev–Trinajstić information content (AvgIpc) is 3.54. The Morgan fingerprint density at radius 2 is 1.61 bits per heavy atom. The molecule has 164 valence electrons. The topological polar surface area (TPSA) is 98.7 Å². The van der Waals surface area contributed by atoms with Crippen LogP contribution in [0, 0.1) is 13.8 Å². The van der Waals surface area contributed by atoms with Crippen LogP contribution in [0.4, 0.5) is 11.4 Å². The number of benzene rings is 2. The van der Waals surface area contributed by atoms with Gasteiger partial charge in [-0.15, -0.1) is 0 Å². The van der Waals surface area contributed by atoms with Crippen LogP contribution >= 0.6 is 0 Å². The number of hydrogen-bond acceptors (Lipinski definition) is 4. The summed E-state index contributed by atoms with van der Waals surface area (Å²) in [5, 5.41) is 14.7. The molecule has 1 fully saturated rings. The molecule has 0 bridgehead atoms. The van der Waals surface area contributed by atoms with Crippen molar-refractivity contribution in [2.45, 2.75) is 45.6 Å². The third-order valence-corrected chi connectivity index (χ3v) is 5.37. The van der Waals surface area contributed by atoms with Gasteiger partial charge >= 0.3 is 5.97 Å². The predicted octanol–water partition coefficient (Wildman–Crippen LogP) is 3.36. The van der Waals surface area contributed by atoms with Gasteiger partial charge in [-0.05, 0) is 55.5 Å². The Kier molecular flexibility index (Phi) is 7.41. The lowest BCUT2D eigenvalue weighted by atomic mass is 10.1. The van der Waals surface area contributed by atoms with Crippen molar-refractivity contribution in [1.29, 1.82) is 0 Å². The highest BCUT2D eigenvalue weighted by atomic mass is 16.4. The Bertz CT molecular complexity index is 932. The molecule has 0 atom stereocenters. The molecule has 31 heavy (non-hydrogen) atoms. The molecule has 0 spiro atoms. The zero-order chi connectivity index (χ0) is 22.4. The first-order valence-electron chi connectivity index (χ1n) is 10.5. The van der Waals surface area contributed by atoms with Crippen molar-refractivity contribution in [3.63, 3.8) is 0 Å². The van der Waals surface area contributed by atoms with E-state index in [0.717, 1.165) is 29.7 Å². The monoisotopic (exact) mass is 423 g/mol. The van der Waals surface area contributed by atoms with E-state index in [9.17, 15) is 14.4 Å². The smallest absolute Gasteiger partial charge is 0.307 e. The fourth-order valence-corrected chi connectivity index (χ4v) is 3.55. The third kappa shape index (κ3) is 6.93. The molecule has 1 saturated carbocycles. The molecule has 2 amide bonds. The predicted molar refractivity (Wildman–Crippen MR) is 120 cm³/mol. The minimum atomic E-state index is -0.890. The van der Waals surface area contributed by atoms with E-state index in [1.807, 2.05) is 32.0 Å². The maximum absolute atomic E-state index is 12.6. The van der Waals surface area contributed by atoms with E-state index < -0.39 is 5.97 Å². The first kappa shape index (κ1) is 22.5. The van der Waals surface area contributed by atoms with E-state index in [4.69, 9.17) is 5.11 Å². The first-order valence-corrected chi connectivity index (χ1v) is 10.5. The molecule has 0 heterocycles. The highest BCUT2D eigenvalue weighted by molar-refractivity contribution is 5.94. The van der Waals surface area contributed by atoms with Crippen molar-refractivity contribution in [2.24, 2.45) is 0 Å². The summed E-state index contributed by atoms with van der Waals surface area (Å²) in [6.45, 7) is 4.71. The molecular formula is C24H29N3O4. The van der Waals surface area contributed by atoms with E-state index in [1.54, 1.807) is 24.3 Å². The van der Waals surface area contributed by atoms with Gasteiger partial charge in [0.25, 0.3) is 0 Å². The highest BCUT2D eigenvalue weighted by Crippen LogP contribution is 2.27. The highest BCUT2D eigenvalue weighted by Gasteiger charge is 2.30. The minimum Gasteiger partial charge on any atom is -0.481 e. The molecule has 2 aromatic rings. The van der Waals surface area contributed by atoms with E-state index in [2.05, 4.69) is 15.5 Å². The Morgan fingerprint density at radius 1 is 0.968 bits per heavy atom. The molecule has 1 aliphatic carbocycles. The molecule has 3 N–H and O–H groups in total. The second kappa shape index (κ2) is 10.2. The summed E-state index contributed by atoms with van der Waals surface area (Å²) in [6.07, 6.45) is 2.32. The summed E-state index contributed by atoms with van der Waals surface area (Å²) in [5.41, 5.74) is 4.22. The lowest BCUT2D eigenvalue weighted by Crippen LogP contribution is -2.37. The summed E-state index contributed by atoms with van der Waals surface area (Å²) in [6, 6.07) is 13.1. The minimum absolute atomic E-state index is 0.0470. The Morgan fingerprint density at radius 3 is 2.19 bits per heavy atom. The SMILES string of the molecule is Cc1cccc(C)c1NC(=O)CN(CCC(=O)Nc1ccc(CC(=O)O)cc1)C1CC1. The van der Waals surface area contributed by atoms with Crippen LogP contribution in [0.15, 0.2) is 42.5 Å². The van der Waals surface area contributed by atoms with Crippen LogP contribution in [-0.2, 0) is 20.8 Å². The lowest BCUT2D eigenvalue weighted by Gasteiger charge is -2.22. The van der Waals surface area contributed by atoms with Gasteiger partial charge < -0.3 is 15.7 Å². The molecule has 0 radical (unpaired) electrons. The largest absolute Gasteiger partial charge is 0.481 e. The van der Waals surface area contributed by atoms with Gasteiger partial charge in [-0.25, -0.2) is 0 Å². The van der Waals surface area contributed by atoms with E-state index in [1.165, 1.54) is 0 Å². The number of carbonyl (C=O) groups excluding carboxylic acids is 2. The number of nitrogens with zero attached hydrogens (tertiary/aromatic N) is 1. The number of carboxylic acid groups (broad SMARTS) is 1. The number of hydrogen-bond donors (Lipinski definition) is 3. The summed E-state index contributed by atoms with van der Waals surface area (Å²) in [7, 11) is 0. The normalized spacial score (nSPS) is 13.1. The fourth-order valence-electron chi connectivity index (χ4n) is 3.55. The zero-order valence-corrected chi connectivity index (χ0v) is 18.0. The molecule has 0 aliphatic heterocycles. The molecule has 3 rings (SSSR count). The number of para-hydroxylation sites is 1. The van der Waals surface area contributed by atoms with Crippen LogP contribution in [-0.4, -0.2) is 46.9 Å². The fraction of sp³-hybridized carbons (Fsp3) is 0.375. The van der Waals surface area contributed by atoms with Gasteiger partial charge in [-0.1, -0.05) is 30.3 Å². The molecule has 7 nitrogen and oxygen atoms in total. The molecule has 0 aromatic heterocycles. The van der Waals surface area contributed by atoms with E-state index in [-0.39, 0.29) is 31.2 Å². The Balaban J connectivity index is 1.49. The molecule has 7 heteroatoms. The standard InChI is InChI=1S/C24H29N3O4/c1-16-4-3-5-17(2)24(16)26-22(29)15-27(20-10-11-20)13-12-21(28)25-19-8-6-18(7-9-19)14-23(30)31/h3-9,20H,10-15H2,1-2H3,(H,25,28)(H,26,29)(H,30,31). The summed E-state index contributed by atoms with van der Waals surface area (Å²) in [4.78, 5) is 37.8. The van der Waals surface area contributed by atoms with Gasteiger partial charge in [0.15, 0.2) is 0 Å². The van der Waals surface area contributed by atoms with Crippen LogP contribution in [0.3, 0.4) is 0 Å². The van der Waals surface area contributed by atoms with Gasteiger partial charge in [-0.3, -0.25) is 19.3 Å². The van der Waals surface area contributed by atoms with Crippen molar-refractivity contribution in [1.82, 2.24) is 4.90 Å². The van der Waals surface area contributed by atoms with Gasteiger partial charge in [0.1, 0.15) is 0 Å². The quantitative estimate of drug-likeness (QED) is 0.544. The number of amides is 2. The van der Waals surface area contributed by atoms with Crippen molar-refractivity contribution in [3.8, 4) is 0 Å². The van der Waals surface area contributed by atoms with Gasteiger partial charge in [0, 0.05) is 30.4 Å². The Hall–Kier alpha value is -3.19. The second-order valence-electron chi connectivity index (χ2n) is 8.08. The number of nitrogens with one attached hydrogen (secondary N) is 2. The molecule has 0 unspecified atom stereocenters. The Labute approximate surface area is 182 Å². The van der Waals surface area contributed by atoms with Crippen LogP contribution in [0.1, 0.15) is 36.0 Å². The van der Waals surface area contributed by atoms with Crippen molar-refractivity contribution in [3.05, 3.63) is 59.2 Å². The number of rotatable bonds is 10. The summed E-state index contributed by atoms with van der Waals surface area (Å²) < 4.78 is 0. The van der Waals surface area contributed by atoms with Crippen LogP contribution < -0.4 is 10.6 Å². The molecule has 2 aromatic carbocycles. The van der Waals surface area contributed by atoms with Gasteiger partial charge in [0.05, 0.1) is 13.0 Å². The molecule has 0 saturated heterocycles. The summed E-state index contributed by atoms with van der Waals surface area (Å²) in [5.74, 6) is -1.09. The molecule has 1 aliphatic rings. The lowest BCUT2D eigenvalue weighted by molar-refractivity contribution is -0.136. The maximum atomic E-state index is 12.6. The number of carbonyl (C=O) groups is 3. The van der Waals surface area contributed by atoms with Gasteiger partial charge in [-0.2, -0.15) is 0 Å². The average molecular weight is 424 g/mol. The zero-order valence-electron chi connectivity index (χ0n) is 18.0. The summed E-state index contributed by atoms with van der Waals surface area (Å²) >= 11 is 0. The number of aryl methyl sites for hydroxylation is 2. The van der Waals surface area contributed by atoms with Crippen LogP contribution in [0.2, 0.25) is 0 Å². The second-order valence-corrected chi connectivity index (χ2v) is 8.08. The first-order chi connectivity index (χ1) is 14.8. The van der Waals surface area contributed by atoms with Gasteiger partial charge in [0.2, 0.25) is 11.8 Å². The maximum Gasteiger partial charge on any atom is 0.307 e. The number of carboxylic acids is 1. The molecular weight excluding hydrogens is 394 g/mol. The number of anilines is 2.